The van der Waals surface area contributed by atoms with Gasteiger partial charge in [0.05, 0.1) is 6.42 Å². The summed E-state index contributed by atoms with van der Waals surface area (Å²) in [5.74, 6) is 2.11. The molecule has 0 spiro atoms. The Bertz CT molecular complexity index is 210. The summed E-state index contributed by atoms with van der Waals surface area (Å²) in [7, 11) is 0. The molecular weight excluding hydrogens is 166 g/mol. The van der Waals surface area contributed by atoms with Crippen molar-refractivity contribution in [1.29, 1.82) is 0 Å². The van der Waals surface area contributed by atoms with Crippen LogP contribution in [0.2, 0.25) is 0 Å². The van der Waals surface area contributed by atoms with E-state index in [1.54, 1.807) is 0 Å². The number of hydrogen-bond acceptors (Lipinski definition) is 3. The molecule has 74 valence electrons. The second kappa shape index (κ2) is 4.88. The van der Waals surface area contributed by atoms with Crippen molar-refractivity contribution >= 4 is 5.97 Å². The van der Waals surface area contributed by atoms with Crippen LogP contribution in [0, 0.1) is 12.3 Å². The van der Waals surface area contributed by atoms with E-state index in [-0.39, 0.29) is 18.4 Å². The van der Waals surface area contributed by atoms with Crippen molar-refractivity contribution in [3.63, 3.8) is 0 Å². The van der Waals surface area contributed by atoms with E-state index in [1.807, 2.05) is 20.8 Å². The van der Waals surface area contributed by atoms with Gasteiger partial charge in [-0.25, -0.2) is 0 Å². The molecule has 13 heavy (non-hydrogen) atoms. The SMILES string of the molecule is C#CC[C@@H](N)CC(=O)OC(C)(C)C. The van der Waals surface area contributed by atoms with Gasteiger partial charge in [0.25, 0.3) is 0 Å². The van der Waals surface area contributed by atoms with Crippen LogP contribution >= 0.6 is 0 Å². The first-order valence-corrected chi connectivity index (χ1v) is 4.26. The summed E-state index contributed by atoms with van der Waals surface area (Å²) in [4.78, 5) is 11.2. The number of terminal acetylenes is 1. The van der Waals surface area contributed by atoms with E-state index in [9.17, 15) is 4.79 Å². The zero-order chi connectivity index (χ0) is 10.5. The molecule has 0 unspecified atom stereocenters. The highest BCUT2D eigenvalue weighted by Gasteiger charge is 2.17. The van der Waals surface area contributed by atoms with Crippen LogP contribution in [-0.2, 0) is 9.53 Å². The predicted octanol–water partition coefficient (Wildman–Crippen LogP) is 1.07. The largest absolute Gasteiger partial charge is 0.460 e. The zero-order valence-corrected chi connectivity index (χ0v) is 8.46. The fourth-order valence-corrected chi connectivity index (χ4v) is 0.821. The summed E-state index contributed by atoms with van der Waals surface area (Å²) in [5, 5.41) is 0. The average molecular weight is 183 g/mol. The summed E-state index contributed by atoms with van der Waals surface area (Å²) in [6.07, 6.45) is 5.63. The molecule has 0 saturated carbocycles. The van der Waals surface area contributed by atoms with Crippen LogP contribution in [0.4, 0.5) is 0 Å². The lowest BCUT2D eigenvalue weighted by molar-refractivity contribution is -0.155. The third-order valence-electron chi connectivity index (χ3n) is 1.23. The normalized spacial score (nSPS) is 13.2. The third-order valence-corrected chi connectivity index (χ3v) is 1.23. The molecule has 0 aliphatic carbocycles. The van der Waals surface area contributed by atoms with Crippen molar-refractivity contribution in [3.8, 4) is 12.3 Å². The van der Waals surface area contributed by atoms with Gasteiger partial charge in [-0.05, 0) is 20.8 Å². The Balaban J connectivity index is 3.83. The van der Waals surface area contributed by atoms with Crippen molar-refractivity contribution in [1.82, 2.24) is 0 Å². The molecule has 3 heteroatoms. The van der Waals surface area contributed by atoms with Gasteiger partial charge in [-0.3, -0.25) is 4.79 Å². The molecule has 1 atom stereocenters. The molecular formula is C10H17NO2. The smallest absolute Gasteiger partial charge is 0.307 e. The maximum Gasteiger partial charge on any atom is 0.307 e. The Labute approximate surface area is 79.6 Å². The Morgan fingerprint density at radius 1 is 1.62 bits per heavy atom. The summed E-state index contributed by atoms with van der Waals surface area (Å²) < 4.78 is 5.07. The van der Waals surface area contributed by atoms with Crippen LogP contribution in [-0.4, -0.2) is 17.6 Å². The highest BCUT2D eigenvalue weighted by atomic mass is 16.6. The van der Waals surface area contributed by atoms with Crippen LogP contribution in [0.25, 0.3) is 0 Å². The number of ether oxygens (including phenoxy) is 1. The van der Waals surface area contributed by atoms with Gasteiger partial charge in [0, 0.05) is 12.5 Å². The number of carbonyl (C=O) groups is 1. The molecule has 3 nitrogen and oxygen atoms in total. The standard InChI is InChI=1S/C10H17NO2/c1-5-6-8(11)7-9(12)13-10(2,3)4/h1,8H,6-7,11H2,2-4H3/t8-/m1/s1. The van der Waals surface area contributed by atoms with Crippen molar-refractivity contribution < 1.29 is 9.53 Å². The Morgan fingerprint density at radius 2 is 2.15 bits per heavy atom. The molecule has 0 fully saturated rings. The number of nitrogens with two attached hydrogens (primary N) is 1. The van der Waals surface area contributed by atoms with E-state index in [2.05, 4.69) is 5.92 Å². The first-order valence-electron chi connectivity index (χ1n) is 4.26. The molecule has 0 radical (unpaired) electrons. The molecule has 0 amide bonds. The van der Waals surface area contributed by atoms with Crippen molar-refractivity contribution in [2.75, 3.05) is 0 Å². The first kappa shape index (κ1) is 12.0. The first-order chi connectivity index (χ1) is 5.85. The van der Waals surface area contributed by atoms with E-state index in [0.717, 1.165) is 0 Å². The van der Waals surface area contributed by atoms with E-state index in [1.165, 1.54) is 0 Å². The number of esters is 1. The molecule has 0 heterocycles. The summed E-state index contributed by atoms with van der Waals surface area (Å²) >= 11 is 0. The van der Waals surface area contributed by atoms with E-state index < -0.39 is 5.60 Å². The van der Waals surface area contributed by atoms with Gasteiger partial charge in [0.1, 0.15) is 5.60 Å². The summed E-state index contributed by atoms with van der Waals surface area (Å²) in [6, 6.07) is -0.292. The highest BCUT2D eigenvalue weighted by molar-refractivity contribution is 5.70. The van der Waals surface area contributed by atoms with Crippen LogP contribution in [0.15, 0.2) is 0 Å². The minimum atomic E-state index is -0.451. The number of hydrogen-bond donors (Lipinski definition) is 1. The molecule has 0 aromatic rings. The van der Waals surface area contributed by atoms with E-state index in [0.29, 0.717) is 6.42 Å². The quantitative estimate of drug-likeness (QED) is 0.526. The zero-order valence-electron chi connectivity index (χ0n) is 8.46. The molecule has 2 N–H and O–H groups in total. The predicted molar refractivity (Wildman–Crippen MR) is 51.9 cm³/mol. The third kappa shape index (κ3) is 7.35. The van der Waals surface area contributed by atoms with Gasteiger partial charge in [0.15, 0.2) is 0 Å². The van der Waals surface area contributed by atoms with Gasteiger partial charge < -0.3 is 10.5 Å². The molecule has 0 aliphatic heterocycles. The second-order valence-corrected chi connectivity index (χ2v) is 3.96. The van der Waals surface area contributed by atoms with Crippen LogP contribution in [0.5, 0.6) is 0 Å². The van der Waals surface area contributed by atoms with Gasteiger partial charge in [-0.2, -0.15) is 0 Å². The number of carbonyl (C=O) groups excluding carboxylic acids is 1. The molecule has 0 aromatic carbocycles. The molecule has 0 bridgehead atoms. The fraction of sp³-hybridized carbons (Fsp3) is 0.700. The van der Waals surface area contributed by atoms with Crippen LogP contribution in [0.1, 0.15) is 33.6 Å². The van der Waals surface area contributed by atoms with E-state index >= 15 is 0 Å². The van der Waals surface area contributed by atoms with Crippen molar-refractivity contribution in [2.24, 2.45) is 5.73 Å². The van der Waals surface area contributed by atoms with Crippen molar-refractivity contribution in [2.45, 2.75) is 45.3 Å². The fourth-order valence-electron chi connectivity index (χ4n) is 0.821. The Hall–Kier alpha value is -1.01. The van der Waals surface area contributed by atoms with Gasteiger partial charge in [0.2, 0.25) is 0 Å². The molecule has 0 aliphatic rings. The topological polar surface area (TPSA) is 52.3 Å². The van der Waals surface area contributed by atoms with Gasteiger partial charge >= 0.3 is 5.97 Å². The maximum absolute atomic E-state index is 11.2. The lowest BCUT2D eigenvalue weighted by Gasteiger charge is -2.20. The monoisotopic (exact) mass is 183 g/mol. The molecule has 0 saturated heterocycles. The molecule has 0 rings (SSSR count). The minimum Gasteiger partial charge on any atom is -0.460 e. The lowest BCUT2D eigenvalue weighted by Crippen LogP contribution is -2.29. The van der Waals surface area contributed by atoms with E-state index in [4.69, 9.17) is 16.9 Å². The Kier molecular flexibility index (Phi) is 4.50. The molecule has 0 aromatic heterocycles. The lowest BCUT2D eigenvalue weighted by atomic mass is 10.1. The Morgan fingerprint density at radius 3 is 2.54 bits per heavy atom. The van der Waals surface area contributed by atoms with Gasteiger partial charge in [-0.1, -0.05) is 0 Å². The van der Waals surface area contributed by atoms with Crippen LogP contribution in [0.3, 0.4) is 0 Å². The highest BCUT2D eigenvalue weighted by Crippen LogP contribution is 2.09. The van der Waals surface area contributed by atoms with Gasteiger partial charge in [-0.15, -0.1) is 12.3 Å². The summed E-state index contributed by atoms with van der Waals surface area (Å²) in [5.41, 5.74) is 5.11. The van der Waals surface area contributed by atoms with Crippen LogP contribution < -0.4 is 5.73 Å². The second-order valence-electron chi connectivity index (χ2n) is 3.96. The maximum atomic E-state index is 11.2. The number of rotatable bonds is 3. The summed E-state index contributed by atoms with van der Waals surface area (Å²) in [6.45, 7) is 5.45. The minimum absolute atomic E-state index is 0.182. The average Bonchev–Trinajstić information content (AvgIpc) is 1.81. The van der Waals surface area contributed by atoms with Crippen molar-refractivity contribution in [3.05, 3.63) is 0 Å².